The Hall–Kier alpha value is -6.86. The summed E-state index contributed by atoms with van der Waals surface area (Å²) in [5.74, 6) is 0.332. The molecule has 0 spiro atoms. The van der Waals surface area contributed by atoms with E-state index in [4.69, 9.17) is 0 Å². The molecule has 7 N–H and O–H groups in total. The first-order valence-electron chi connectivity index (χ1n) is 21.4. The number of benzene rings is 7. The molecule has 7 rings (SSSR count). The third-order valence-corrected chi connectivity index (χ3v) is 13.2. The summed E-state index contributed by atoms with van der Waals surface area (Å²) in [6.07, 6.45) is 0.762. The molecule has 0 amide bonds. The van der Waals surface area contributed by atoms with Gasteiger partial charge in [-0.05, 0) is 200 Å². The van der Waals surface area contributed by atoms with Crippen LogP contribution >= 0.6 is 0 Å². The van der Waals surface area contributed by atoms with E-state index < -0.39 is 11.8 Å². The van der Waals surface area contributed by atoms with Gasteiger partial charge in [-0.25, -0.2) is 0 Å². The smallest absolute Gasteiger partial charge is 0.122 e. The average Bonchev–Trinajstić information content (AvgIpc) is 3.22. The van der Waals surface area contributed by atoms with Crippen LogP contribution in [0.5, 0.6) is 40.2 Å². The van der Waals surface area contributed by atoms with Crippen molar-refractivity contribution in [1.82, 2.24) is 0 Å². The first-order valence-corrected chi connectivity index (χ1v) is 21.4. The van der Waals surface area contributed by atoms with E-state index >= 15 is 0 Å². The number of rotatable bonds is 10. The lowest BCUT2D eigenvalue weighted by Gasteiger charge is -2.26. The third kappa shape index (κ3) is 8.53. The van der Waals surface area contributed by atoms with Gasteiger partial charge in [0.2, 0.25) is 0 Å². The van der Waals surface area contributed by atoms with Crippen molar-refractivity contribution in [2.75, 3.05) is 0 Å². The molecule has 7 nitrogen and oxygen atoms in total. The molecule has 0 saturated carbocycles. The third-order valence-electron chi connectivity index (χ3n) is 13.2. The molecule has 324 valence electrons. The summed E-state index contributed by atoms with van der Waals surface area (Å²) in [6.45, 7) is 19.3. The van der Waals surface area contributed by atoms with Crippen molar-refractivity contribution >= 4 is 0 Å². The Morgan fingerprint density at radius 1 is 0.317 bits per heavy atom. The van der Waals surface area contributed by atoms with E-state index in [0.717, 1.165) is 77.9 Å². The Bertz CT molecular complexity index is 2820. The summed E-state index contributed by atoms with van der Waals surface area (Å²) in [5.41, 5.74) is 16.6. The maximum atomic E-state index is 12.2. The van der Waals surface area contributed by atoms with Crippen LogP contribution in [-0.2, 0) is 12.8 Å². The van der Waals surface area contributed by atoms with Crippen molar-refractivity contribution in [3.8, 4) is 40.2 Å². The van der Waals surface area contributed by atoms with Crippen LogP contribution in [0.15, 0.2) is 91.0 Å². The fourth-order valence-corrected chi connectivity index (χ4v) is 9.26. The highest BCUT2D eigenvalue weighted by atomic mass is 16.3. The lowest BCUT2D eigenvalue weighted by molar-refractivity contribution is 0.462. The average molecular weight is 843 g/mol. The second-order valence-electron chi connectivity index (χ2n) is 17.8. The highest BCUT2D eigenvalue weighted by molar-refractivity contribution is 5.61. The monoisotopic (exact) mass is 842 g/mol. The minimum atomic E-state index is -0.428. The molecule has 0 aliphatic heterocycles. The van der Waals surface area contributed by atoms with Gasteiger partial charge in [0, 0.05) is 41.4 Å². The molecule has 0 bridgehead atoms. The molecule has 7 aromatic rings. The molecular weight excluding hydrogens is 785 g/mol. The highest BCUT2D eigenvalue weighted by Gasteiger charge is 2.28. The molecule has 0 aliphatic carbocycles. The van der Waals surface area contributed by atoms with Crippen molar-refractivity contribution in [3.05, 3.63) is 202 Å². The standard InChI is InChI=1S/C56H58O7/c1-28-15-40(24-38-11-13-48(57)46(26-38)54(41-16-33(6)50(59)20-29(41)2)42-17-34(7)51(60)21-30(42)3)56(63)45(37(28)10)25-39-12-14-49(58)47(27-39)55(43-18-35(8)52(61)22-31(43)4)44-19-36(9)53(62)23-32(44)5/h11-23,26-27,54-55,57-63H,24-25H2,1-10H3. The van der Waals surface area contributed by atoms with Crippen LogP contribution < -0.4 is 0 Å². The van der Waals surface area contributed by atoms with Crippen molar-refractivity contribution in [1.29, 1.82) is 0 Å². The Balaban J connectivity index is 1.31. The first-order chi connectivity index (χ1) is 29.7. The topological polar surface area (TPSA) is 142 Å². The van der Waals surface area contributed by atoms with Crippen LogP contribution in [0.25, 0.3) is 0 Å². The summed E-state index contributed by atoms with van der Waals surface area (Å²) in [7, 11) is 0. The molecule has 0 radical (unpaired) electrons. The summed E-state index contributed by atoms with van der Waals surface area (Å²) in [5, 5.41) is 77.8. The summed E-state index contributed by atoms with van der Waals surface area (Å²) >= 11 is 0. The predicted molar refractivity (Wildman–Crippen MR) is 252 cm³/mol. The SMILES string of the molecule is Cc1cc(C(c2cc(C)c(O)cc2C)c2cc(Cc3cc(C)c(C)c(Cc4ccc(O)c(C(c5cc(C)c(O)cc5C)c5cc(C)c(O)cc5C)c4)c3O)ccc2O)c(C)cc1O. The molecule has 0 atom stereocenters. The number of hydrogen-bond acceptors (Lipinski definition) is 7. The maximum absolute atomic E-state index is 12.2. The van der Waals surface area contributed by atoms with Crippen LogP contribution in [0.1, 0.15) is 123 Å². The fraction of sp³-hybridized carbons (Fsp3) is 0.250. The molecular formula is C56H58O7. The van der Waals surface area contributed by atoms with Crippen LogP contribution in [0.4, 0.5) is 0 Å². The van der Waals surface area contributed by atoms with Gasteiger partial charge in [-0.15, -0.1) is 0 Å². The van der Waals surface area contributed by atoms with Gasteiger partial charge >= 0.3 is 0 Å². The number of aryl methyl sites for hydroxylation is 9. The second-order valence-corrected chi connectivity index (χ2v) is 17.8. The number of aromatic hydroxyl groups is 7. The van der Waals surface area contributed by atoms with E-state index in [2.05, 4.69) is 0 Å². The van der Waals surface area contributed by atoms with E-state index in [1.165, 1.54) is 0 Å². The van der Waals surface area contributed by atoms with E-state index in [0.29, 0.717) is 46.2 Å². The summed E-state index contributed by atoms with van der Waals surface area (Å²) in [4.78, 5) is 0. The molecule has 7 heteroatoms. The number of hydrogen-bond donors (Lipinski definition) is 7. The lowest BCUT2D eigenvalue weighted by atomic mass is 9.78. The van der Waals surface area contributed by atoms with Crippen LogP contribution in [0.3, 0.4) is 0 Å². The largest absolute Gasteiger partial charge is 0.508 e. The molecule has 0 saturated heterocycles. The zero-order valence-corrected chi connectivity index (χ0v) is 37.9. The van der Waals surface area contributed by atoms with Crippen LogP contribution in [0, 0.1) is 69.2 Å². The Morgan fingerprint density at radius 3 is 1.00 bits per heavy atom. The van der Waals surface area contributed by atoms with Gasteiger partial charge in [-0.3, -0.25) is 0 Å². The first kappa shape index (κ1) is 44.2. The van der Waals surface area contributed by atoms with Gasteiger partial charge in [0.15, 0.2) is 0 Å². The molecule has 0 aromatic heterocycles. The summed E-state index contributed by atoms with van der Waals surface area (Å²) < 4.78 is 0. The molecule has 0 fully saturated rings. The van der Waals surface area contributed by atoms with Crippen molar-refractivity contribution < 1.29 is 35.7 Å². The summed E-state index contributed by atoms with van der Waals surface area (Å²) in [6, 6.07) is 28.0. The van der Waals surface area contributed by atoms with Crippen LogP contribution in [0.2, 0.25) is 0 Å². The Morgan fingerprint density at radius 2 is 0.651 bits per heavy atom. The van der Waals surface area contributed by atoms with E-state index in [-0.39, 0.29) is 40.2 Å². The van der Waals surface area contributed by atoms with Crippen molar-refractivity contribution in [3.63, 3.8) is 0 Å². The number of phenols is 7. The van der Waals surface area contributed by atoms with Gasteiger partial charge in [-0.1, -0.05) is 54.6 Å². The zero-order chi connectivity index (χ0) is 45.8. The minimum Gasteiger partial charge on any atom is -0.508 e. The minimum absolute atomic E-state index is 0.112. The second kappa shape index (κ2) is 17.1. The molecule has 7 aromatic carbocycles. The highest BCUT2D eigenvalue weighted by Crippen LogP contribution is 2.45. The van der Waals surface area contributed by atoms with E-state index in [1.54, 1.807) is 36.4 Å². The van der Waals surface area contributed by atoms with Crippen LogP contribution in [-0.4, -0.2) is 35.7 Å². The normalized spacial score (nSPS) is 11.6. The molecule has 63 heavy (non-hydrogen) atoms. The Labute approximate surface area is 370 Å². The van der Waals surface area contributed by atoms with Gasteiger partial charge < -0.3 is 35.7 Å². The van der Waals surface area contributed by atoms with Gasteiger partial charge in [-0.2, -0.15) is 0 Å². The lowest BCUT2D eigenvalue weighted by Crippen LogP contribution is -2.10. The van der Waals surface area contributed by atoms with E-state index in [9.17, 15) is 35.7 Å². The van der Waals surface area contributed by atoms with Gasteiger partial charge in [0.1, 0.15) is 40.2 Å². The fourth-order valence-electron chi connectivity index (χ4n) is 9.26. The molecule has 0 heterocycles. The molecule has 0 aliphatic rings. The maximum Gasteiger partial charge on any atom is 0.122 e. The predicted octanol–water partition coefficient (Wildman–Crippen LogP) is 12.3. The van der Waals surface area contributed by atoms with Gasteiger partial charge in [0.05, 0.1) is 0 Å². The van der Waals surface area contributed by atoms with E-state index in [1.807, 2.05) is 124 Å². The van der Waals surface area contributed by atoms with Crippen molar-refractivity contribution in [2.45, 2.75) is 93.9 Å². The number of phenolic OH excluding ortho intramolecular Hbond substituents is 7. The Kier molecular flexibility index (Phi) is 12.0. The quantitative estimate of drug-likeness (QED) is 0.0680. The zero-order valence-electron chi connectivity index (χ0n) is 37.9. The van der Waals surface area contributed by atoms with Crippen molar-refractivity contribution in [2.24, 2.45) is 0 Å². The molecule has 0 unspecified atom stereocenters. The van der Waals surface area contributed by atoms with Gasteiger partial charge in [0.25, 0.3) is 0 Å².